The number of benzene rings is 2. The number of nitro groups is 1. The third-order valence-electron chi connectivity index (χ3n) is 6.04. The molecule has 1 aliphatic heterocycles. The molecule has 1 heterocycles. The Morgan fingerprint density at radius 3 is 2.55 bits per heavy atom. The van der Waals surface area contributed by atoms with Crippen molar-refractivity contribution in [1.29, 1.82) is 0 Å². The molecule has 2 fully saturated rings. The predicted molar refractivity (Wildman–Crippen MR) is 134 cm³/mol. The summed E-state index contributed by atoms with van der Waals surface area (Å²) < 4.78 is 6.88. The lowest BCUT2D eigenvalue weighted by molar-refractivity contribution is -0.384. The van der Waals surface area contributed by atoms with Crippen molar-refractivity contribution >= 4 is 50.9 Å². The van der Waals surface area contributed by atoms with Gasteiger partial charge in [-0.3, -0.25) is 19.8 Å². The van der Waals surface area contributed by atoms with Crippen LogP contribution in [0.1, 0.15) is 43.2 Å². The van der Waals surface area contributed by atoms with E-state index in [1.54, 1.807) is 21.9 Å². The standard InChI is InChI=1S/C24H24BrN3O4S/c1-26-21(23(29)27(24(26)33)19-5-3-2-4-6-19)14-17-13-18(25)9-12-22(17)32-15-16-7-10-20(11-8-16)28(30)31/h7-14,19H,2-6,15H2,1H3/b21-14-. The Morgan fingerprint density at radius 2 is 1.88 bits per heavy atom. The summed E-state index contributed by atoms with van der Waals surface area (Å²) >= 11 is 9.12. The number of non-ortho nitro benzene ring substituents is 1. The maximum absolute atomic E-state index is 13.3. The number of carbonyl (C=O) groups is 1. The summed E-state index contributed by atoms with van der Waals surface area (Å²) in [5, 5.41) is 11.4. The number of nitrogens with zero attached hydrogens (tertiary/aromatic N) is 3. The van der Waals surface area contributed by atoms with Crippen molar-refractivity contribution in [2.45, 2.75) is 44.8 Å². The van der Waals surface area contributed by atoms with Gasteiger partial charge in [-0.2, -0.15) is 0 Å². The van der Waals surface area contributed by atoms with Gasteiger partial charge in [0.25, 0.3) is 11.6 Å². The Kier molecular flexibility index (Phi) is 7.09. The van der Waals surface area contributed by atoms with Crippen LogP contribution >= 0.6 is 28.1 Å². The number of rotatable bonds is 6. The van der Waals surface area contributed by atoms with Gasteiger partial charge in [-0.25, -0.2) is 0 Å². The largest absolute Gasteiger partial charge is 0.488 e. The smallest absolute Gasteiger partial charge is 0.277 e. The van der Waals surface area contributed by atoms with Gasteiger partial charge >= 0.3 is 0 Å². The fourth-order valence-electron chi connectivity index (χ4n) is 4.22. The highest BCUT2D eigenvalue weighted by molar-refractivity contribution is 9.10. The molecule has 2 aromatic carbocycles. The lowest BCUT2D eigenvalue weighted by atomic mass is 9.94. The van der Waals surface area contributed by atoms with Gasteiger partial charge in [0, 0.05) is 35.3 Å². The first kappa shape index (κ1) is 23.4. The van der Waals surface area contributed by atoms with E-state index in [-0.39, 0.29) is 24.2 Å². The molecule has 0 unspecified atom stereocenters. The van der Waals surface area contributed by atoms with E-state index in [0.717, 1.165) is 41.3 Å². The first-order chi connectivity index (χ1) is 15.8. The van der Waals surface area contributed by atoms with E-state index in [2.05, 4.69) is 15.9 Å². The van der Waals surface area contributed by atoms with Gasteiger partial charge in [-0.05, 0) is 67.0 Å². The molecule has 1 saturated heterocycles. The van der Waals surface area contributed by atoms with Gasteiger partial charge in [0.2, 0.25) is 0 Å². The average Bonchev–Trinajstić information content (AvgIpc) is 3.02. The van der Waals surface area contributed by atoms with Crippen molar-refractivity contribution in [3.05, 3.63) is 73.9 Å². The van der Waals surface area contributed by atoms with Crippen LogP contribution in [0.3, 0.4) is 0 Å². The number of hydrogen-bond donors (Lipinski definition) is 0. The number of likely N-dealkylation sites (N-methyl/N-ethyl adjacent to an activating group) is 1. The molecule has 0 spiro atoms. The van der Waals surface area contributed by atoms with Crippen LogP contribution in [-0.2, 0) is 11.4 Å². The first-order valence-corrected chi connectivity index (χ1v) is 12.0. The van der Waals surface area contributed by atoms with Crippen molar-refractivity contribution in [2.24, 2.45) is 0 Å². The van der Waals surface area contributed by atoms with Crippen LogP contribution in [0.4, 0.5) is 5.69 Å². The highest BCUT2D eigenvalue weighted by atomic mass is 79.9. The van der Waals surface area contributed by atoms with E-state index in [1.165, 1.54) is 18.6 Å². The number of carbonyl (C=O) groups excluding carboxylic acids is 1. The lowest BCUT2D eigenvalue weighted by Crippen LogP contribution is -2.41. The number of halogens is 1. The Hall–Kier alpha value is -2.78. The fourth-order valence-corrected chi connectivity index (χ4v) is 4.93. The second-order valence-corrected chi connectivity index (χ2v) is 9.51. The molecule has 1 amide bonds. The summed E-state index contributed by atoms with van der Waals surface area (Å²) in [6.45, 7) is 0.242. The SMILES string of the molecule is CN1C(=S)N(C2CCCCC2)C(=O)/C1=C/c1cc(Br)ccc1OCc1ccc([N+](=O)[O-])cc1. The molecule has 1 saturated carbocycles. The predicted octanol–water partition coefficient (Wildman–Crippen LogP) is 5.67. The Labute approximate surface area is 206 Å². The van der Waals surface area contributed by atoms with Crippen LogP contribution in [0.5, 0.6) is 5.75 Å². The zero-order chi connectivity index (χ0) is 23.5. The summed E-state index contributed by atoms with van der Waals surface area (Å²) in [7, 11) is 1.82. The van der Waals surface area contributed by atoms with E-state index in [1.807, 2.05) is 31.3 Å². The van der Waals surface area contributed by atoms with Crippen LogP contribution in [0, 0.1) is 10.1 Å². The van der Waals surface area contributed by atoms with Crippen LogP contribution in [0.15, 0.2) is 52.6 Å². The molecule has 1 aliphatic carbocycles. The average molecular weight is 530 g/mol. The summed E-state index contributed by atoms with van der Waals surface area (Å²) in [6.07, 6.45) is 7.21. The number of thiocarbonyl (C=S) groups is 1. The molecular formula is C24H24BrN3O4S. The molecule has 2 aliphatic rings. The Bertz CT molecular complexity index is 1110. The van der Waals surface area contributed by atoms with Crippen LogP contribution in [0.25, 0.3) is 6.08 Å². The normalized spacial score (nSPS) is 18.3. The Balaban J connectivity index is 1.57. The summed E-state index contributed by atoms with van der Waals surface area (Å²) in [5.74, 6) is 0.531. The zero-order valence-corrected chi connectivity index (χ0v) is 20.6. The minimum Gasteiger partial charge on any atom is -0.488 e. The van der Waals surface area contributed by atoms with Gasteiger partial charge < -0.3 is 9.64 Å². The molecule has 172 valence electrons. The van der Waals surface area contributed by atoms with Crippen molar-refractivity contribution in [1.82, 2.24) is 9.80 Å². The van der Waals surface area contributed by atoms with Gasteiger partial charge in [0.05, 0.1) is 4.92 Å². The van der Waals surface area contributed by atoms with Gasteiger partial charge in [0.15, 0.2) is 5.11 Å². The molecule has 0 atom stereocenters. The van der Waals surface area contributed by atoms with Crippen LogP contribution in [-0.4, -0.2) is 38.8 Å². The van der Waals surface area contributed by atoms with Gasteiger partial charge in [0.1, 0.15) is 18.1 Å². The molecular weight excluding hydrogens is 506 g/mol. The molecule has 0 bridgehead atoms. The van der Waals surface area contributed by atoms with Crippen molar-refractivity contribution in [3.63, 3.8) is 0 Å². The van der Waals surface area contributed by atoms with E-state index in [0.29, 0.717) is 16.6 Å². The maximum Gasteiger partial charge on any atom is 0.277 e. The van der Waals surface area contributed by atoms with Gasteiger partial charge in [-0.15, -0.1) is 0 Å². The minimum absolute atomic E-state index is 0.0362. The molecule has 33 heavy (non-hydrogen) atoms. The number of nitro benzene ring substituents is 1. The van der Waals surface area contributed by atoms with Crippen molar-refractivity contribution in [3.8, 4) is 5.75 Å². The molecule has 0 radical (unpaired) electrons. The highest BCUT2D eigenvalue weighted by Gasteiger charge is 2.40. The van der Waals surface area contributed by atoms with E-state index < -0.39 is 4.92 Å². The van der Waals surface area contributed by atoms with E-state index in [4.69, 9.17) is 17.0 Å². The fraction of sp³-hybridized carbons (Fsp3) is 0.333. The maximum atomic E-state index is 13.3. The molecule has 7 nitrogen and oxygen atoms in total. The third kappa shape index (κ3) is 5.09. The molecule has 0 aromatic heterocycles. The number of hydrogen-bond acceptors (Lipinski definition) is 5. The minimum atomic E-state index is -0.431. The summed E-state index contributed by atoms with van der Waals surface area (Å²) in [5.41, 5.74) is 2.11. The second kappa shape index (κ2) is 10.0. The molecule has 0 N–H and O–H groups in total. The van der Waals surface area contributed by atoms with Crippen molar-refractivity contribution in [2.75, 3.05) is 7.05 Å². The highest BCUT2D eigenvalue weighted by Crippen LogP contribution is 2.33. The molecule has 2 aromatic rings. The van der Waals surface area contributed by atoms with E-state index in [9.17, 15) is 14.9 Å². The van der Waals surface area contributed by atoms with Crippen LogP contribution in [0.2, 0.25) is 0 Å². The van der Waals surface area contributed by atoms with Gasteiger partial charge in [-0.1, -0.05) is 35.2 Å². The Morgan fingerprint density at radius 1 is 1.18 bits per heavy atom. The second-order valence-electron chi connectivity index (χ2n) is 8.23. The number of amides is 1. The topological polar surface area (TPSA) is 75.9 Å². The molecule has 9 heteroatoms. The van der Waals surface area contributed by atoms with Crippen molar-refractivity contribution < 1.29 is 14.5 Å². The first-order valence-electron chi connectivity index (χ1n) is 10.8. The van der Waals surface area contributed by atoms with Crippen LogP contribution < -0.4 is 4.74 Å². The summed E-state index contributed by atoms with van der Waals surface area (Å²) in [6, 6.07) is 12.0. The lowest BCUT2D eigenvalue weighted by Gasteiger charge is -2.30. The third-order valence-corrected chi connectivity index (χ3v) is 7.00. The summed E-state index contributed by atoms with van der Waals surface area (Å²) in [4.78, 5) is 27.3. The molecule has 4 rings (SSSR count). The van der Waals surface area contributed by atoms with E-state index >= 15 is 0 Å². The monoisotopic (exact) mass is 529 g/mol. The quantitative estimate of drug-likeness (QED) is 0.207. The number of ether oxygens (including phenoxy) is 1. The zero-order valence-electron chi connectivity index (χ0n) is 18.2.